The third kappa shape index (κ3) is 5.75. The maximum absolute atomic E-state index is 11.9. The summed E-state index contributed by atoms with van der Waals surface area (Å²) in [5, 5.41) is 2.95. The van der Waals surface area contributed by atoms with Crippen molar-refractivity contribution in [2.24, 2.45) is 0 Å². The van der Waals surface area contributed by atoms with Gasteiger partial charge in [0.1, 0.15) is 7.29 Å². The lowest BCUT2D eigenvalue weighted by Crippen LogP contribution is -2.50. The molecule has 1 aliphatic carbocycles. The van der Waals surface area contributed by atoms with Gasteiger partial charge in [-0.05, 0) is 13.3 Å². The van der Waals surface area contributed by atoms with Crippen molar-refractivity contribution in [1.29, 1.82) is 0 Å². The Bertz CT molecular complexity index is 495. The minimum Gasteiger partial charge on any atom is -0.376 e. The van der Waals surface area contributed by atoms with Crippen LogP contribution in [0.5, 0.6) is 0 Å². The molecule has 0 saturated carbocycles. The van der Waals surface area contributed by atoms with E-state index in [0.29, 0.717) is 6.42 Å². The van der Waals surface area contributed by atoms with E-state index in [1.807, 2.05) is 13.0 Å². The smallest absolute Gasteiger partial charge is 0.264 e. The molecule has 0 aromatic heterocycles. The van der Waals surface area contributed by atoms with Crippen molar-refractivity contribution in [1.82, 2.24) is 5.09 Å². The molecule has 1 aliphatic rings. The summed E-state index contributed by atoms with van der Waals surface area (Å²) in [6.07, 6.45) is 2.39. The molecule has 3 atom stereocenters. The first-order valence-corrected chi connectivity index (χ1v) is 10.3. The molecule has 0 unspecified atom stereocenters. The van der Waals surface area contributed by atoms with Crippen LogP contribution in [0.1, 0.15) is 13.3 Å². The normalized spacial score (nSPS) is 29.1. The second-order valence-electron chi connectivity index (χ2n) is 5.26. The van der Waals surface area contributed by atoms with E-state index in [0.717, 1.165) is 11.8 Å². The van der Waals surface area contributed by atoms with Gasteiger partial charge < -0.3 is 9.30 Å². The number of hydrogen-bond donors (Lipinski definition) is 1. The van der Waals surface area contributed by atoms with Crippen molar-refractivity contribution in [2.75, 3.05) is 26.7 Å². The van der Waals surface area contributed by atoms with E-state index in [2.05, 4.69) is 5.09 Å². The van der Waals surface area contributed by atoms with Crippen molar-refractivity contribution in [3.63, 3.8) is 0 Å². The SMILES string of the molecule is CO[C@@H]1C=C(C)C[C@@H](OS(C)(=O)=O)[C@H]1NP(C)(C)=O. The quantitative estimate of drug-likeness (QED) is 0.467. The summed E-state index contributed by atoms with van der Waals surface area (Å²) in [4.78, 5) is 0. The van der Waals surface area contributed by atoms with Crippen LogP contribution >= 0.6 is 7.29 Å². The molecule has 0 aromatic rings. The Balaban J connectivity index is 3.03. The monoisotopic (exact) mass is 311 g/mol. The zero-order valence-electron chi connectivity index (χ0n) is 11.9. The van der Waals surface area contributed by atoms with Crippen LogP contribution < -0.4 is 5.09 Å². The molecular weight excluding hydrogens is 289 g/mol. The lowest BCUT2D eigenvalue weighted by molar-refractivity contribution is 0.0488. The van der Waals surface area contributed by atoms with Crippen molar-refractivity contribution < 1.29 is 21.9 Å². The van der Waals surface area contributed by atoms with Crippen molar-refractivity contribution in [3.05, 3.63) is 11.6 Å². The van der Waals surface area contributed by atoms with E-state index in [1.165, 1.54) is 7.11 Å². The number of rotatable bonds is 5. The molecule has 6 nitrogen and oxygen atoms in total. The van der Waals surface area contributed by atoms with Crippen LogP contribution in [0.25, 0.3) is 0 Å². The molecule has 8 heteroatoms. The maximum atomic E-state index is 11.9. The third-order valence-corrected chi connectivity index (χ3v) is 4.27. The van der Waals surface area contributed by atoms with Gasteiger partial charge in [0.05, 0.1) is 24.5 Å². The topological polar surface area (TPSA) is 81.7 Å². The molecule has 0 heterocycles. The molecule has 0 aliphatic heterocycles. The van der Waals surface area contributed by atoms with Crippen molar-refractivity contribution in [2.45, 2.75) is 31.6 Å². The average molecular weight is 311 g/mol. The van der Waals surface area contributed by atoms with Crippen LogP contribution in [0.3, 0.4) is 0 Å². The number of nitrogens with one attached hydrogen (secondary N) is 1. The molecule has 1 N–H and O–H groups in total. The molecule has 0 saturated heterocycles. The van der Waals surface area contributed by atoms with Gasteiger partial charge >= 0.3 is 0 Å². The van der Waals surface area contributed by atoms with E-state index < -0.39 is 29.6 Å². The molecule has 0 aromatic carbocycles. The highest BCUT2D eigenvalue weighted by molar-refractivity contribution is 7.86. The van der Waals surface area contributed by atoms with Crippen LogP contribution in [-0.2, 0) is 23.6 Å². The van der Waals surface area contributed by atoms with E-state index in [-0.39, 0.29) is 6.10 Å². The van der Waals surface area contributed by atoms with Gasteiger partial charge in [-0.3, -0.25) is 9.27 Å². The van der Waals surface area contributed by atoms with Crippen LogP contribution in [0.2, 0.25) is 0 Å². The van der Waals surface area contributed by atoms with Gasteiger partial charge in [-0.15, -0.1) is 0 Å². The number of ether oxygens (including phenoxy) is 1. The molecule has 0 amide bonds. The molecule has 0 spiro atoms. The highest BCUT2D eigenvalue weighted by Crippen LogP contribution is 2.35. The zero-order chi connectivity index (χ0) is 14.8. The Hall–Kier alpha value is -0.200. The lowest BCUT2D eigenvalue weighted by Gasteiger charge is -2.36. The second-order valence-corrected chi connectivity index (χ2v) is 9.82. The summed E-state index contributed by atoms with van der Waals surface area (Å²) in [7, 11) is -4.59. The van der Waals surface area contributed by atoms with E-state index in [9.17, 15) is 13.0 Å². The van der Waals surface area contributed by atoms with Gasteiger partial charge in [0.25, 0.3) is 10.1 Å². The van der Waals surface area contributed by atoms with Gasteiger partial charge in [0.15, 0.2) is 0 Å². The van der Waals surface area contributed by atoms with E-state index >= 15 is 0 Å². The highest BCUT2D eigenvalue weighted by Gasteiger charge is 2.37. The molecule has 0 radical (unpaired) electrons. The fourth-order valence-electron chi connectivity index (χ4n) is 2.16. The van der Waals surface area contributed by atoms with E-state index in [4.69, 9.17) is 8.92 Å². The van der Waals surface area contributed by atoms with E-state index in [1.54, 1.807) is 13.3 Å². The van der Waals surface area contributed by atoms with Crippen LogP contribution in [0, 0.1) is 0 Å². The zero-order valence-corrected chi connectivity index (χ0v) is 13.6. The van der Waals surface area contributed by atoms with Gasteiger partial charge in [0.2, 0.25) is 0 Å². The fourth-order valence-corrected chi connectivity index (χ4v) is 3.82. The second kappa shape index (κ2) is 6.06. The van der Waals surface area contributed by atoms with Crippen LogP contribution in [-0.4, -0.2) is 53.4 Å². The maximum Gasteiger partial charge on any atom is 0.264 e. The number of methoxy groups -OCH3 is 1. The summed E-state index contributed by atoms with van der Waals surface area (Å²) in [5.41, 5.74) is 0.987. The van der Waals surface area contributed by atoms with Crippen LogP contribution in [0.15, 0.2) is 11.6 Å². The van der Waals surface area contributed by atoms with Gasteiger partial charge in [-0.2, -0.15) is 8.42 Å². The first kappa shape index (κ1) is 16.9. The summed E-state index contributed by atoms with van der Waals surface area (Å²) >= 11 is 0. The van der Waals surface area contributed by atoms with Gasteiger partial charge in [-0.1, -0.05) is 11.6 Å². The minimum absolute atomic E-state index is 0.367. The van der Waals surface area contributed by atoms with Crippen molar-refractivity contribution in [3.8, 4) is 0 Å². The predicted molar refractivity (Wildman–Crippen MR) is 75.3 cm³/mol. The standard InChI is InChI=1S/C11H22NO5PS/c1-8-6-9(16-2)11(12-18(3,4)13)10(7-8)17-19(5,14)15/h6,9-11H,7H2,1-5H3,(H,12,13)/t9-,10-,11+/m1/s1. The van der Waals surface area contributed by atoms with Gasteiger partial charge in [-0.25, -0.2) is 0 Å². The largest absolute Gasteiger partial charge is 0.376 e. The Morgan fingerprint density at radius 2 is 2.00 bits per heavy atom. The molecule has 0 fully saturated rings. The van der Waals surface area contributed by atoms with Crippen molar-refractivity contribution >= 4 is 17.4 Å². The van der Waals surface area contributed by atoms with Gasteiger partial charge in [0, 0.05) is 20.4 Å². The first-order valence-electron chi connectivity index (χ1n) is 5.93. The Kier molecular flexibility index (Phi) is 5.37. The summed E-state index contributed by atoms with van der Waals surface area (Å²) in [6.45, 7) is 5.06. The molecule has 112 valence electrons. The molecule has 19 heavy (non-hydrogen) atoms. The summed E-state index contributed by atoms with van der Waals surface area (Å²) in [5.74, 6) is 0. The average Bonchev–Trinajstić information content (AvgIpc) is 2.17. The Labute approximate surface area is 115 Å². The summed E-state index contributed by atoms with van der Waals surface area (Å²) < 4.78 is 45.0. The number of hydrogen-bond acceptors (Lipinski definition) is 5. The lowest BCUT2D eigenvalue weighted by atomic mass is 9.91. The summed E-state index contributed by atoms with van der Waals surface area (Å²) in [6, 6.07) is -0.454. The molecule has 1 rings (SSSR count). The Morgan fingerprint density at radius 3 is 2.42 bits per heavy atom. The predicted octanol–water partition coefficient (Wildman–Crippen LogP) is 1.19. The molecule has 0 bridgehead atoms. The molecular formula is C11H22NO5PS. The minimum atomic E-state index is -3.58. The Morgan fingerprint density at radius 1 is 1.42 bits per heavy atom. The first-order chi connectivity index (χ1) is 8.52. The van der Waals surface area contributed by atoms with Crippen LogP contribution in [0.4, 0.5) is 0 Å². The highest BCUT2D eigenvalue weighted by atomic mass is 32.2. The third-order valence-electron chi connectivity index (χ3n) is 2.76. The fraction of sp³-hybridized carbons (Fsp3) is 0.818.